The van der Waals surface area contributed by atoms with Crippen molar-refractivity contribution in [2.45, 2.75) is 52.2 Å². The van der Waals surface area contributed by atoms with Gasteiger partial charge in [-0.05, 0) is 0 Å². The highest BCUT2D eigenvalue weighted by atomic mass is 16.4. The monoisotopic (exact) mass is 174 g/mol. The third-order valence-electron chi connectivity index (χ3n) is 2.42. The second kappa shape index (κ2) is 3.31. The van der Waals surface area contributed by atoms with Crippen LogP contribution in [-0.4, -0.2) is 16.6 Å². The number of hydrogen-bond donors (Lipinski definition) is 2. The predicted molar refractivity (Wildman–Crippen MR) is 56.0 cm³/mol. The van der Waals surface area contributed by atoms with E-state index in [1.54, 1.807) is 0 Å². The second-order valence-corrected chi connectivity index (χ2v) is 5.51. The van der Waals surface area contributed by atoms with Crippen molar-refractivity contribution >= 4 is 6.55 Å². The van der Waals surface area contributed by atoms with E-state index in [2.05, 4.69) is 0 Å². The Kier molecular flexibility index (Phi) is 3.96. The van der Waals surface area contributed by atoms with Gasteiger partial charge in [0.15, 0.2) is 0 Å². The Balaban J connectivity index is 0. The van der Waals surface area contributed by atoms with Gasteiger partial charge >= 0.3 is 0 Å². The molecule has 0 radical (unpaired) electrons. The molecule has 0 heterocycles. The van der Waals surface area contributed by atoms with Crippen LogP contribution in [0.1, 0.15) is 41.5 Å². The predicted octanol–water partition coefficient (Wildman–Crippen LogP) is 2.46. The molecule has 0 rings (SSSR count). The molecule has 0 amide bonds. The Morgan fingerprint density at radius 3 is 0.917 bits per heavy atom. The van der Waals surface area contributed by atoms with Gasteiger partial charge in [-0.1, -0.05) is 41.5 Å². The average Bonchev–Trinajstić information content (AvgIpc) is 1.58. The van der Waals surface area contributed by atoms with Crippen molar-refractivity contribution in [1.82, 2.24) is 0 Å². The zero-order valence-electron chi connectivity index (χ0n) is 9.47. The largest absolute Gasteiger partial charge is 0.582 e. The fourth-order valence-electron chi connectivity index (χ4n) is 1.30. The fraction of sp³-hybridized carbons (Fsp3) is 0.889. The molecule has 74 valence electrons. The molecule has 0 aliphatic heterocycles. The molecule has 0 aliphatic carbocycles. The van der Waals surface area contributed by atoms with Gasteiger partial charge in [-0.3, -0.25) is 0 Å². The number of hydrogen-bond acceptors (Lipinski definition) is 2. The maximum Gasteiger partial charge on any atom is 0.246 e. The summed E-state index contributed by atoms with van der Waals surface area (Å²) in [5.41, 5.74) is 0. The summed E-state index contributed by atoms with van der Waals surface area (Å²) in [5, 5.41) is 18.7. The smallest absolute Gasteiger partial charge is 0.246 e. The van der Waals surface area contributed by atoms with Crippen LogP contribution in [0.15, 0.2) is 0 Å². The Bertz CT molecular complexity index is 124. The summed E-state index contributed by atoms with van der Waals surface area (Å²) in [6.45, 7) is 8.78. The summed E-state index contributed by atoms with van der Waals surface area (Å²) in [7, 11) is 0. The molecule has 0 saturated carbocycles. The topological polar surface area (TPSA) is 40.5 Å². The first-order valence-corrected chi connectivity index (χ1v) is 4.09. The molecule has 3 heteroatoms. The summed E-state index contributed by atoms with van der Waals surface area (Å²) in [5.74, 6) is 0. The van der Waals surface area contributed by atoms with Crippen molar-refractivity contribution in [3.8, 4) is 0 Å². The molecular weight excluding hydrogens is 151 g/mol. The lowest BCUT2D eigenvalue weighted by Crippen LogP contribution is -2.52. The lowest BCUT2D eigenvalue weighted by molar-refractivity contribution is 0.273. The van der Waals surface area contributed by atoms with Crippen LogP contribution in [0.2, 0.25) is 10.6 Å². The van der Waals surface area contributed by atoms with Gasteiger partial charge in [-0.2, -0.15) is 0 Å². The molecule has 2 nitrogen and oxygen atoms in total. The van der Waals surface area contributed by atoms with E-state index >= 15 is 0 Å². The lowest BCUT2D eigenvalue weighted by Gasteiger charge is -2.51. The molecule has 0 unspecified atom stereocenters. The summed E-state index contributed by atoms with van der Waals surface area (Å²) in [6, 6.07) is 0. The Morgan fingerprint density at radius 2 is 0.917 bits per heavy atom. The highest BCUT2D eigenvalue weighted by Crippen LogP contribution is 2.46. The van der Waals surface area contributed by atoms with E-state index in [0.29, 0.717) is 0 Å². The van der Waals surface area contributed by atoms with E-state index in [0.717, 1.165) is 0 Å². The van der Waals surface area contributed by atoms with Crippen LogP contribution in [-0.2, 0) is 0 Å². The van der Waals surface area contributed by atoms with Gasteiger partial charge in [-0.25, -0.2) is 0 Å². The maximum absolute atomic E-state index is 9.81. The van der Waals surface area contributed by atoms with Crippen LogP contribution in [0, 0.1) is 7.43 Å². The van der Waals surface area contributed by atoms with Gasteiger partial charge in [0.05, 0.1) is 0 Å². The first-order valence-electron chi connectivity index (χ1n) is 4.09. The van der Waals surface area contributed by atoms with Gasteiger partial charge in [0, 0.05) is 7.43 Å². The van der Waals surface area contributed by atoms with Crippen LogP contribution in [0.5, 0.6) is 0 Å². The quantitative estimate of drug-likeness (QED) is 0.437. The Hall–Kier alpha value is -0.145. The van der Waals surface area contributed by atoms with Crippen molar-refractivity contribution in [3.63, 3.8) is 0 Å². The number of rotatable bonds is 0. The summed E-state index contributed by atoms with van der Waals surface area (Å²) < 4.78 is 0. The minimum atomic E-state index is -2.29. The highest BCUT2D eigenvalue weighted by molar-refractivity contribution is 6.70. The fourth-order valence-corrected chi connectivity index (χ4v) is 1.30. The van der Waals surface area contributed by atoms with Crippen molar-refractivity contribution in [2.24, 2.45) is 0 Å². The molecular formula is C9H23BO2. The molecule has 0 aliphatic rings. The van der Waals surface area contributed by atoms with Crippen LogP contribution < -0.4 is 0 Å². The minimum absolute atomic E-state index is 0. The molecule has 0 spiro atoms. The van der Waals surface area contributed by atoms with Gasteiger partial charge in [0.25, 0.3) is 0 Å². The van der Waals surface area contributed by atoms with E-state index in [1.807, 2.05) is 41.5 Å². The van der Waals surface area contributed by atoms with E-state index in [1.165, 1.54) is 0 Å². The van der Waals surface area contributed by atoms with E-state index < -0.39 is 17.2 Å². The van der Waals surface area contributed by atoms with E-state index in [-0.39, 0.29) is 7.43 Å². The van der Waals surface area contributed by atoms with Crippen LogP contribution in [0.3, 0.4) is 0 Å². The van der Waals surface area contributed by atoms with Crippen molar-refractivity contribution in [2.75, 3.05) is 0 Å². The first-order chi connectivity index (χ1) is 4.50. The maximum atomic E-state index is 9.81. The van der Waals surface area contributed by atoms with Crippen molar-refractivity contribution in [1.29, 1.82) is 0 Å². The first kappa shape index (κ1) is 14.4. The van der Waals surface area contributed by atoms with Crippen LogP contribution in [0.4, 0.5) is 0 Å². The van der Waals surface area contributed by atoms with Gasteiger partial charge in [-0.15, -0.1) is 10.6 Å². The van der Waals surface area contributed by atoms with Crippen LogP contribution >= 0.6 is 0 Å². The zero-order valence-corrected chi connectivity index (χ0v) is 9.47. The minimum Gasteiger partial charge on any atom is -0.582 e. The molecule has 0 aromatic heterocycles. The SMILES string of the molecule is CC(C)(C)[B-](O)(O)C(C)(C)C.[CH3+]. The summed E-state index contributed by atoms with van der Waals surface area (Å²) in [4.78, 5) is 0. The average molecular weight is 174 g/mol. The lowest BCUT2D eigenvalue weighted by atomic mass is 9.29. The second-order valence-electron chi connectivity index (χ2n) is 5.51. The van der Waals surface area contributed by atoms with E-state index in [4.69, 9.17) is 0 Å². The molecule has 0 saturated heterocycles. The Labute approximate surface area is 77.0 Å². The third-order valence-corrected chi connectivity index (χ3v) is 2.42. The zero-order chi connectivity index (χ0) is 9.50. The van der Waals surface area contributed by atoms with Crippen molar-refractivity contribution < 1.29 is 10.0 Å². The van der Waals surface area contributed by atoms with Gasteiger partial charge < -0.3 is 10.0 Å². The molecule has 0 fully saturated rings. The molecule has 0 aromatic rings. The van der Waals surface area contributed by atoms with Crippen LogP contribution in [0.25, 0.3) is 0 Å². The molecule has 0 aromatic carbocycles. The van der Waals surface area contributed by atoms with Gasteiger partial charge in [0.1, 0.15) is 0 Å². The molecule has 12 heavy (non-hydrogen) atoms. The summed E-state index contributed by atoms with van der Waals surface area (Å²) in [6.07, 6.45) is 0. The summed E-state index contributed by atoms with van der Waals surface area (Å²) >= 11 is 0. The third kappa shape index (κ3) is 2.42. The molecule has 0 atom stereocenters. The van der Waals surface area contributed by atoms with E-state index in [9.17, 15) is 10.0 Å². The standard InChI is InChI=1S/C8H20BO2.CH3/c1-7(2,3)9(10,11)8(4,5)6;/h10-11H,1-6H3;1H3/q-1;+1. The Morgan fingerprint density at radius 1 is 0.750 bits per heavy atom. The molecule has 0 bridgehead atoms. The van der Waals surface area contributed by atoms with Gasteiger partial charge in [0.2, 0.25) is 6.55 Å². The highest BCUT2D eigenvalue weighted by Gasteiger charge is 2.42. The normalized spacial score (nSPS) is 14.0. The van der Waals surface area contributed by atoms with Crippen molar-refractivity contribution in [3.05, 3.63) is 7.43 Å². The molecule has 2 N–H and O–H groups in total.